The van der Waals surface area contributed by atoms with E-state index in [0.717, 1.165) is 6.42 Å². The molecule has 3 nitrogen and oxygen atoms in total. The van der Waals surface area contributed by atoms with E-state index in [4.69, 9.17) is 9.16 Å². The minimum absolute atomic E-state index is 0.0693. The summed E-state index contributed by atoms with van der Waals surface area (Å²) in [4.78, 5) is 11.5. The van der Waals surface area contributed by atoms with Crippen molar-refractivity contribution in [3.05, 3.63) is 11.6 Å². The van der Waals surface area contributed by atoms with Gasteiger partial charge in [-0.3, -0.25) is 4.79 Å². The van der Waals surface area contributed by atoms with Crippen LogP contribution in [0.3, 0.4) is 0 Å². The van der Waals surface area contributed by atoms with Gasteiger partial charge in [-0.2, -0.15) is 0 Å². The molecule has 0 aliphatic carbocycles. The number of esters is 1. The van der Waals surface area contributed by atoms with Crippen LogP contribution in [0.15, 0.2) is 11.6 Å². The largest absolute Gasteiger partial charge is 0.469 e. The van der Waals surface area contributed by atoms with Crippen molar-refractivity contribution in [1.82, 2.24) is 0 Å². The Balaban J connectivity index is 5.06. The molecule has 0 fully saturated rings. The van der Waals surface area contributed by atoms with Gasteiger partial charge in [0.15, 0.2) is 8.32 Å². The molecule has 21 heavy (non-hydrogen) atoms. The van der Waals surface area contributed by atoms with Crippen LogP contribution >= 0.6 is 0 Å². The first-order chi connectivity index (χ1) is 9.40. The summed E-state index contributed by atoms with van der Waals surface area (Å²) in [6, 6.07) is 0. The van der Waals surface area contributed by atoms with E-state index in [2.05, 4.69) is 60.7 Å². The highest BCUT2D eigenvalue weighted by molar-refractivity contribution is 6.74. The van der Waals surface area contributed by atoms with Crippen LogP contribution in [0.1, 0.15) is 54.4 Å². The van der Waals surface area contributed by atoms with Gasteiger partial charge in [0.25, 0.3) is 0 Å². The Morgan fingerprint density at radius 3 is 2.14 bits per heavy atom. The lowest BCUT2D eigenvalue weighted by Crippen LogP contribution is -2.45. The molecule has 0 aromatic heterocycles. The molecule has 0 aromatic carbocycles. The molecule has 0 spiro atoms. The van der Waals surface area contributed by atoms with E-state index < -0.39 is 8.32 Å². The van der Waals surface area contributed by atoms with Crippen molar-refractivity contribution >= 4 is 14.3 Å². The molecule has 4 heteroatoms. The van der Waals surface area contributed by atoms with Gasteiger partial charge in [-0.1, -0.05) is 39.3 Å². The highest BCUT2D eigenvalue weighted by atomic mass is 28.4. The Bertz CT molecular complexity index is 363. The van der Waals surface area contributed by atoms with Crippen LogP contribution in [0.25, 0.3) is 0 Å². The highest BCUT2D eigenvalue weighted by Gasteiger charge is 2.40. The minimum atomic E-state index is -1.85. The Hall–Kier alpha value is -0.613. The van der Waals surface area contributed by atoms with E-state index in [1.807, 2.05) is 0 Å². The number of carbonyl (C=O) groups is 1. The van der Waals surface area contributed by atoms with E-state index in [0.29, 0.717) is 6.42 Å². The molecular weight excluding hydrogens is 280 g/mol. The molecule has 0 bridgehead atoms. The molecule has 2 atom stereocenters. The average molecular weight is 315 g/mol. The summed E-state index contributed by atoms with van der Waals surface area (Å²) in [6.45, 7) is 17.5. The number of carbonyl (C=O) groups excluding carboxylic acids is 1. The number of allylic oxidation sites excluding steroid dienone is 1. The van der Waals surface area contributed by atoms with E-state index in [-0.39, 0.29) is 23.0 Å². The van der Waals surface area contributed by atoms with Crippen molar-refractivity contribution < 1.29 is 14.0 Å². The third-order valence-corrected chi connectivity index (χ3v) is 8.87. The summed E-state index contributed by atoms with van der Waals surface area (Å²) in [6.07, 6.45) is 3.53. The first-order valence-electron chi connectivity index (χ1n) is 7.78. The smallest absolute Gasteiger partial charge is 0.305 e. The number of rotatable bonds is 7. The van der Waals surface area contributed by atoms with Crippen molar-refractivity contribution in [3.63, 3.8) is 0 Å². The SMILES string of the molecule is COC(=O)C[C@@H](C)[C@H](CC=C(C)C)O[Si](C)(C)C(C)(C)C. The lowest BCUT2D eigenvalue weighted by Gasteiger charge is -2.40. The van der Waals surface area contributed by atoms with Crippen LogP contribution in [0.2, 0.25) is 18.1 Å². The number of ether oxygens (including phenoxy) is 1. The molecule has 0 aromatic rings. The Labute approximate surface area is 132 Å². The Morgan fingerprint density at radius 1 is 1.24 bits per heavy atom. The molecule has 0 heterocycles. The standard InChI is InChI=1S/C17H34O3Si/c1-13(2)10-11-15(14(3)12-16(18)19-7)20-21(8,9)17(4,5)6/h10,14-15H,11-12H2,1-9H3/t14-,15+/m1/s1. The van der Waals surface area contributed by atoms with Crippen molar-refractivity contribution in [1.29, 1.82) is 0 Å². The van der Waals surface area contributed by atoms with Crippen LogP contribution in [-0.4, -0.2) is 27.5 Å². The topological polar surface area (TPSA) is 35.5 Å². The van der Waals surface area contributed by atoms with Gasteiger partial charge in [-0.05, 0) is 44.3 Å². The van der Waals surface area contributed by atoms with Gasteiger partial charge in [0, 0.05) is 0 Å². The molecule has 0 N–H and O–H groups in total. The summed E-state index contributed by atoms with van der Waals surface area (Å²) in [5, 5.41) is 0.168. The van der Waals surface area contributed by atoms with Gasteiger partial charge in [0.1, 0.15) is 0 Å². The Kier molecular flexibility index (Phi) is 7.90. The van der Waals surface area contributed by atoms with Crippen molar-refractivity contribution in [2.24, 2.45) is 5.92 Å². The van der Waals surface area contributed by atoms with Crippen LogP contribution in [0.4, 0.5) is 0 Å². The quantitative estimate of drug-likeness (QED) is 0.379. The van der Waals surface area contributed by atoms with Crippen LogP contribution in [0.5, 0.6) is 0 Å². The fourth-order valence-corrected chi connectivity index (χ4v) is 3.22. The third kappa shape index (κ3) is 7.27. The minimum Gasteiger partial charge on any atom is -0.469 e. The first-order valence-corrected chi connectivity index (χ1v) is 10.7. The second-order valence-corrected chi connectivity index (χ2v) is 12.4. The second-order valence-electron chi connectivity index (χ2n) is 7.69. The molecular formula is C17H34O3Si. The number of methoxy groups -OCH3 is 1. The van der Waals surface area contributed by atoms with Crippen molar-refractivity contribution in [3.8, 4) is 0 Å². The van der Waals surface area contributed by atoms with Gasteiger partial charge in [-0.25, -0.2) is 0 Å². The predicted octanol–water partition coefficient (Wildman–Crippen LogP) is 4.93. The van der Waals surface area contributed by atoms with E-state index in [1.54, 1.807) is 0 Å². The van der Waals surface area contributed by atoms with Crippen LogP contribution < -0.4 is 0 Å². The number of hydrogen-bond donors (Lipinski definition) is 0. The summed E-state index contributed by atoms with van der Waals surface area (Å²) in [5.41, 5.74) is 1.28. The zero-order valence-electron chi connectivity index (χ0n) is 15.4. The zero-order chi connectivity index (χ0) is 16.8. The number of hydrogen-bond acceptors (Lipinski definition) is 3. The highest BCUT2D eigenvalue weighted by Crippen LogP contribution is 2.38. The Morgan fingerprint density at radius 2 is 1.76 bits per heavy atom. The molecule has 0 aliphatic heterocycles. The van der Waals surface area contributed by atoms with Crippen LogP contribution in [-0.2, 0) is 14.0 Å². The maximum atomic E-state index is 11.5. The maximum absolute atomic E-state index is 11.5. The third-order valence-electron chi connectivity index (χ3n) is 4.36. The predicted molar refractivity (Wildman–Crippen MR) is 91.9 cm³/mol. The van der Waals surface area contributed by atoms with E-state index in [1.165, 1.54) is 12.7 Å². The molecule has 0 saturated heterocycles. The molecule has 0 saturated carbocycles. The zero-order valence-corrected chi connectivity index (χ0v) is 16.4. The van der Waals surface area contributed by atoms with Crippen molar-refractivity contribution in [2.75, 3.05) is 7.11 Å². The lowest BCUT2D eigenvalue weighted by atomic mass is 9.98. The van der Waals surface area contributed by atoms with Crippen LogP contribution in [0, 0.1) is 5.92 Å². The first kappa shape index (κ1) is 20.4. The van der Waals surface area contributed by atoms with Gasteiger partial charge in [0.05, 0.1) is 19.6 Å². The average Bonchev–Trinajstić information content (AvgIpc) is 2.32. The molecule has 0 unspecified atom stereocenters. The van der Waals surface area contributed by atoms with Gasteiger partial charge >= 0.3 is 5.97 Å². The lowest BCUT2D eigenvalue weighted by molar-refractivity contribution is -0.142. The molecule has 0 aliphatic rings. The fourth-order valence-electron chi connectivity index (χ4n) is 1.78. The summed E-state index contributed by atoms with van der Waals surface area (Å²) < 4.78 is 11.3. The fraction of sp³-hybridized carbons (Fsp3) is 0.824. The normalized spacial score (nSPS) is 15.3. The molecule has 0 radical (unpaired) electrons. The summed E-state index contributed by atoms with van der Waals surface area (Å²) >= 11 is 0. The molecule has 124 valence electrons. The van der Waals surface area contributed by atoms with Gasteiger partial charge in [-0.15, -0.1) is 0 Å². The van der Waals surface area contributed by atoms with E-state index >= 15 is 0 Å². The second kappa shape index (κ2) is 8.13. The van der Waals surface area contributed by atoms with Crippen molar-refractivity contribution in [2.45, 2.75) is 78.6 Å². The monoisotopic (exact) mass is 314 g/mol. The van der Waals surface area contributed by atoms with E-state index in [9.17, 15) is 4.79 Å². The summed E-state index contributed by atoms with van der Waals surface area (Å²) in [5.74, 6) is -0.00861. The molecule has 0 amide bonds. The maximum Gasteiger partial charge on any atom is 0.305 e. The molecule has 0 rings (SSSR count). The summed E-state index contributed by atoms with van der Waals surface area (Å²) in [7, 11) is -0.406. The van der Waals surface area contributed by atoms with Gasteiger partial charge in [0.2, 0.25) is 0 Å². The van der Waals surface area contributed by atoms with Gasteiger partial charge < -0.3 is 9.16 Å².